The highest BCUT2D eigenvalue weighted by Gasteiger charge is 2.24. The molecule has 3 heteroatoms. The largest absolute Gasteiger partial charge is 0.368 e. The molecule has 1 aromatic carbocycles. The molecule has 0 spiro atoms. The zero-order chi connectivity index (χ0) is 13.9. The van der Waals surface area contributed by atoms with Gasteiger partial charge in [-0.3, -0.25) is 4.98 Å². The highest BCUT2D eigenvalue weighted by atomic mass is 15.2. The number of rotatable bonds is 4. The Hall–Kier alpha value is -1.61. The molecule has 0 aliphatic carbocycles. The molecule has 3 nitrogen and oxygen atoms in total. The molecule has 106 valence electrons. The van der Waals surface area contributed by atoms with Gasteiger partial charge in [0.1, 0.15) is 0 Å². The standard InChI is InChI=1S/C17H23N3/c1-3-14-7-6-10-20(14)17-11-13(12-18-2)19-16-9-5-4-8-15(16)17/h4-5,8-9,11,14,18H,3,6-7,10,12H2,1-2H3. The molecule has 20 heavy (non-hydrogen) atoms. The minimum atomic E-state index is 0.684. The topological polar surface area (TPSA) is 28.2 Å². The van der Waals surface area contributed by atoms with E-state index in [1.807, 2.05) is 7.05 Å². The SMILES string of the molecule is CCC1CCCN1c1cc(CNC)nc2ccccc12. The lowest BCUT2D eigenvalue weighted by molar-refractivity contribution is 0.646. The molecule has 1 aliphatic heterocycles. The van der Waals surface area contributed by atoms with Crippen LogP contribution in [0.15, 0.2) is 30.3 Å². The number of aromatic nitrogens is 1. The van der Waals surface area contributed by atoms with Crippen LogP contribution in [0, 0.1) is 0 Å². The molecular weight excluding hydrogens is 246 g/mol. The van der Waals surface area contributed by atoms with E-state index in [1.54, 1.807) is 0 Å². The lowest BCUT2D eigenvalue weighted by atomic mass is 10.1. The summed E-state index contributed by atoms with van der Waals surface area (Å²) in [5.74, 6) is 0. The molecule has 1 aliphatic rings. The van der Waals surface area contributed by atoms with Crippen molar-refractivity contribution in [3.05, 3.63) is 36.0 Å². The van der Waals surface area contributed by atoms with Crippen LogP contribution in [0.25, 0.3) is 10.9 Å². The second kappa shape index (κ2) is 5.80. The maximum Gasteiger partial charge on any atom is 0.0726 e. The van der Waals surface area contributed by atoms with Gasteiger partial charge in [-0.15, -0.1) is 0 Å². The van der Waals surface area contributed by atoms with E-state index in [1.165, 1.54) is 36.9 Å². The number of pyridine rings is 1. The van der Waals surface area contributed by atoms with Crippen molar-refractivity contribution < 1.29 is 0 Å². The number of nitrogens with zero attached hydrogens (tertiary/aromatic N) is 2. The quantitative estimate of drug-likeness (QED) is 0.922. The first kappa shape index (κ1) is 13.4. The van der Waals surface area contributed by atoms with Crippen LogP contribution in [0.2, 0.25) is 0 Å². The second-order valence-electron chi connectivity index (χ2n) is 5.58. The number of hydrogen-bond donors (Lipinski definition) is 1. The third-order valence-electron chi connectivity index (χ3n) is 4.26. The first-order chi connectivity index (χ1) is 9.83. The van der Waals surface area contributed by atoms with Gasteiger partial charge in [0.05, 0.1) is 11.2 Å². The summed E-state index contributed by atoms with van der Waals surface area (Å²) in [6, 6.07) is 11.5. The third-order valence-corrected chi connectivity index (χ3v) is 4.26. The highest BCUT2D eigenvalue weighted by molar-refractivity contribution is 5.92. The number of benzene rings is 1. The van der Waals surface area contributed by atoms with Crippen molar-refractivity contribution in [2.45, 2.75) is 38.8 Å². The number of nitrogens with one attached hydrogen (secondary N) is 1. The predicted octanol–water partition coefficient (Wildman–Crippen LogP) is 3.33. The van der Waals surface area contributed by atoms with E-state index in [4.69, 9.17) is 4.98 Å². The first-order valence-electron chi connectivity index (χ1n) is 7.63. The van der Waals surface area contributed by atoms with Gasteiger partial charge in [0.25, 0.3) is 0 Å². The average Bonchev–Trinajstić information content (AvgIpc) is 2.95. The van der Waals surface area contributed by atoms with Crippen LogP contribution in [-0.4, -0.2) is 24.6 Å². The Balaban J connectivity index is 2.11. The summed E-state index contributed by atoms with van der Waals surface area (Å²) in [5, 5.41) is 4.50. The van der Waals surface area contributed by atoms with Crippen LogP contribution >= 0.6 is 0 Å². The van der Waals surface area contributed by atoms with Gasteiger partial charge < -0.3 is 10.2 Å². The van der Waals surface area contributed by atoms with Gasteiger partial charge in [-0.25, -0.2) is 0 Å². The zero-order valence-corrected chi connectivity index (χ0v) is 12.4. The fourth-order valence-electron chi connectivity index (χ4n) is 3.30. The van der Waals surface area contributed by atoms with Crippen molar-refractivity contribution in [3.8, 4) is 0 Å². The maximum atomic E-state index is 4.76. The summed E-state index contributed by atoms with van der Waals surface area (Å²) in [7, 11) is 1.97. The minimum Gasteiger partial charge on any atom is -0.368 e. The van der Waals surface area contributed by atoms with Crippen LogP contribution < -0.4 is 10.2 Å². The number of para-hydroxylation sites is 1. The van der Waals surface area contributed by atoms with Crippen molar-refractivity contribution in [2.24, 2.45) is 0 Å². The van der Waals surface area contributed by atoms with Gasteiger partial charge in [0.2, 0.25) is 0 Å². The van der Waals surface area contributed by atoms with Gasteiger partial charge in [-0.2, -0.15) is 0 Å². The van der Waals surface area contributed by atoms with Crippen LogP contribution in [0.1, 0.15) is 31.9 Å². The summed E-state index contributed by atoms with van der Waals surface area (Å²) in [5.41, 5.74) is 3.60. The fourth-order valence-corrected chi connectivity index (χ4v) is 3.30. The summed E-state index contributed by atoms with van der Waals surface area (Å²) in [4.78, 5) is 7.35. The molecule has 1 fully saturated rings. The van der Waals surface area contributed by atoms with Crippen molar-refractivity contribution >= 4 is 16.6 Å². The molecule has 3 rings (SSSR count). The van der Waals surface area contributed by atoms with E-state index in [-0.39, 0.29) is 0 Å². The van der Waals surface area contributed by atoms with Gasteiger partial charge in [0.15, 0.2) is 0 Å². The van der Waals surface area contributed by atoms with Crippen LogP contribution in [0.3, 0.4) is 0 Å². The molecule has 2 aromatic rings. The molecule has 0 amide bonds. The van der Waals surface area contributed by atoms with Crippen molar-refractivity contribution in [2.75, 3.05) is 18.5 Å². The Bertz CT molecular complexity index is 594. The Labute approximate surface area is 121 Å². The normalized spacial score (nSPS) is 18.9. The number of fused-ring (bicyclic) bond motifs is 1. The van der Waals surface area contributed by atoms with Gasteiger partial charge >= 0.3 is 0 Å². The molecule has 1 atom stereocenters. The molecule has 2 heterocycles. The smallest absolute Gasteiger partial charge is 0.0726 e. The fraction of sp³-hybridized carbons (Fsp3) is 0.471. The summed E-state index contributed by atoms with van der Waals surface area (Å²) in [6.45, 7) is 4.29. The van der Waals surface area contributed by atoms with Gasteiger partial charge in [-0.05, 0) is 38.4 Å². The molecule has 0 saturated carbocycles. The summed E-state index contributed by atoms with van der Waals surface area (Å²) >= 11 is 0. The predicted molar refractivity (Wildman–Crippen MR) is 85.2 cm³/mol. The van der Waals surface area contributed by atoms with Crippen molar-refractivity contribution in [3.63, 3.8) is 0 Å². The van der Waals surface area contributed by atoms with Crippen LogP contribution in [-0.2, 0) is 6.54 Å². The Morgan fingerprint density at radius 3 is 3.00 bits per heavy atom. The number of anilines is 1. The lowest BCUT2D eigenvalue weighted by Crippen LogP contribution is -2.29. The Morgan fingerprint density at radius 2 is 2.20 bits per heavy atom. The summed E-state index contributed by atoms with van der Waals surface area (Å²) in [6.07, 6.45) is 3.84. The van der Waals surface area contributed by atoms with E-state index >= 15 is 0 Å². The van der Waals surface area contributed by atoms with Crippen molar-refractivity contribution in [1.29, 1.82) is 0 Å². The molecule has 1 N–H and O–H groups in total. The van der Waals surface area contributed by atoms with E-state index < -0.39 is 0 Å². The Morgan fingerprint density at radius 1 is 1.35 bits per heavy atom. The zero-order valence-electron chi connectivity index (χ0n) is 12.4. The average molecular weight is 269 g/mol. The van der Waals surface area contributed by atoms with Gasteiger partial charge in [0, 0.05) is 30.2 Å². The molecule has 1 saturated heterocycles. The van der Waals surface area contributed by atoms with Crippen LogP contribution in [0.5, 0.6) is 0 Å². The van der Waals surface area contributed by atoms with Crippen LogP contribution in [0.4, 0.5) is 5.69 Å². The lowest BCUT2D eigenvalue weighted by Gasteiger charge is -2.27. The van der Waals surface area contributed by atoms with E-state index in [0.717, 1.165) is 17.8 Å². The van der Waals surface area contributed by atoms with E-state index in [0.29, 0.717) is 6.04 Å². The molecule has 1 aromatic heterocycles. The van der Waals surface area contributed by atoms with E-state index in [2.05, 4.69) is 47.5 Å². The molecule has 0 radical (unpaired) electrons. The maximum absolute atomic E-state index is 4.76. The third kappa shape index (κ3) is 2.38. The van der Waals surface area contributed by atoms with E-state index in [9.17, 15) is 0 Å². The molecule has 1 unspecified atom stereocenters. The highest BCUT2D eigenvalue weighted by Crippen LogP contribution is 2.33. The summed E-state index contributed by atoms with van der Waals surface area (Å²) < 4.78 is 0. The van der Waals surface area contributed by atoms with Crippen molar-refractivity contribution in [1.82, 2.24) is 10.3 Å². The van der Waals surface area contributed by atoms with Gasteiger partial charge in [-0.1, -0.05) is 25.1 Å². The Kier molecular flexibility index (Phi) is 3.88. The molecule has 0 bridgehead atoms. The second-order valence-corrected chi connectivity index (χ2v) is 5.58. The monoisotopic (exact) mass is 269 g/mol. The minimum absolute atomic E-state index is 0.684. The number of hydrogen-bond acceptors (Lipinski definition) is 3. The first-order valence-corrected chi connectivity index (χ1v) is 7.63. The molecular formula is C17H23N3.